The number of rotatable bonds is 12. The van der Waals surface area contributed by atoms with Crippen molar-refractivity contribution in [3.8, 4) is 0 Å². The summed E-state index contributed by atoms with van der Waals surface area (Å²) >= 11 is 0. The lowest BCUT2D eigenvalue weighted by molar-refractivity contribution is -0.137. The summed E-state index contributed by atoms with van der Waals surface area (Å²) in [6.45, 7) is 4.00. The highest BCUT2D eigenvalue weighted by Gasteiger charge is 2.24. The molecule has 0 aromatic heterocycles. The molecule has 0 radical (unpaired) electrons. The highest BCUT2D eigenvalue weighted by Crippen LogP contribution is 2.30. The molecular weight excluding hydrogens is 452 g/mol. The second kappa shape index (κ2) is 14.1. The first kappa shape index (κ1) is 27.1. The lowest BCUT2D eigenvalue weighted by Gasteiger charge is -2.28. The first-order chi connectivity index (χ1) is 17.4. The summed E-state index contributed by atoms with van der Waals surface area (Å²) in [5, 5.41) is 0. The number of unbranched alkanes of at least 4 members (excludes halogenated alkanes) is 2. The molecule has 0 heterocycles. The summed E-state index contributed by atoms with van der Waals surface area (Å²) in [4.78, 5) is 24.6. The van der Waals surface area contributed by atoms with E-state index in [1.54, 1.807) is 36.4 Å². The molecule has 0 saturated heterocycles. The molecule has 1 saturated carbocycles. The Hall–Kier alpha value is -3.54. The third-order valence-corrected chi connectivity index (χ3v) is 6.57. The molecule has 1 fully saturated rings. The molecule has 4 N–H and O–H groups in total. The summed E-state index contributed by atoms with van der Waals surface area (Å²) in [6, 6.07) is 12.3. The first-order valence-electron chi connectivity index (χ1n) is 12.8. The number of allylic oxidation sites excluding steroid dienone is 1. The Morgan fingerprint density at radius 1 is 0.972 bits per heavy atom. The SMILES string of the molecule is C=CCCCCC1CCC(OC(=O)c2ccc(/C=C/C(=O)OCCc3cc(N)cc(N)c3)cc2)CC1. The van der Waals surface area contributed by atoms with Gasteiger partial charge < -0.3 is 20.9 Å². The van der Waals surface area contributed by atoms with Gasteiger partial charge >= 0.3 is 11.9 Å². The number of esters is 2. The van der Waals surface area contributed by atoms with Gasteiger partial charge in [0, 0.05) is 23.9 Å². The number of benzene rings is 2. The van der Waals surface area contributed by atoms with Crippen LogP contribution in [0.4, 0.5) is 11.4 Å². The van der Waals surface area contributed by atoms with Crippen LogP contribution < -0.4 is 11.5 Å². The van der Waals surface area contributed by atoms with Crippen molar-refractivity contribution in [2.75, 3.05) is 18.1 Å². The number of carbonyl (C=O) groups is 2. The fraction of sp³-hybridized carbons (Fsp3) is 0.400. The fourth-order valence-electron chi connectivity index (χ4n) is 4.58. The van der Waals surface area contributed by atoms with Gasteiger partial charge in [-0.15, -0.1) is 6.58 Å². The smallest absolute Gasteiger partial charge is 0.338 e. The zero-order valence-electron chi connectivity index (χ0n) is 21.0. The van der Waals surface area contributed by atoms with E-state index in [1.165, 1.54) is 25.3 Å². The molecule has 36 heavy (non-hydrogen) atoms. The maximum absolute atomic E-state index is 12.6. The van der Waals surface area contributed by atoms with Gasteiger partial charge in [-0.2, -0.15) is 0 Å². The van der Waals surface area contributed by atoms with Gasteiger partial charge in [-0.05, 0) is 92.0 Å². The van der Waals surface area contributed by atoms with Crippen LogP contribution in [0.25, 0.3) is 6.08 Å². The Bertz CT molecular complexity index is 1020. The number of nitrogens with two attached hydrogens (primary N) is 2. The molecule has 3 rings (SSSR count). The molecule has 2 aromatic rings. The summed E-state index contributed by atoms with van der Waals surface area (Å²) in [5.41, 5.74) is 14.9. The minimum Gasteiger partial charge on any atom is -0.462 e. The topological polar surface area (TPSA) is 105 Å². The Morgan fingerprint density at radius 3 is 2.33 bits per heavy atom. The standard InChI is InChI=1S/C30H38N2O4/c1-2-3-4-5-6-22-9-14-28(15-10-22)36-30(34)25-12-7-23(8-13-25)11-16-29(33)35-18-17-24-19-26(31)21-27(32)20-24/h2,7-8,11-13,16,19-22,28H,1,3-6,9-10,14-15,17-18,31-32H2/b16-11+. The summed E-state index contributed by atoms with van der Waals surface area (Å²) in [7, 11) is 0. The van der Waals surface area contributed by atoms with E-state index >= 15 is 0 Å². The normalized spacial score (nSPS) is 17.6. The lowest BCUT2D eigenvalue weighted by Crippen LogP contribution is -2.24. The fourth-order valence-corrected chi connectivity index (χ4v) is 4.58. The Morgan fingerprint density at radius 2 is 1.67 bits per heavy atom. The van der Waals surface area contributed by atoms with Crippen molar-refractivity contribution in [2.24, 2.45) is 5.92 Å². The van der Waals surface area contributed by atoms with Crippen molar-refractivity contribution >= 4 is 29.4 Å². The highest BCUT2D eigenvalue weighted by atomic mass is 16.5. The van der Waals surface area contributed by atoms with Gasteiger partial charge in [0.15, 0.2) is 0 Å². The van der Waals surface area contributed by atoms with E-state index < -0.39 is 5.97 Å². The Labute approximate surface area is 214 Å². The van der Waals surface area contributed by atoms with Crippen molar-refractivity contribution in [3.63, 3.8) is 0 Å². The molecule has 0 spiro atoms. The van der Waals surface area contributed by atoms with E-state index in [9.17, 15) is 9.59 Å². The number of anilines is 2. The van der Waals surface area contributed by atoms with E-state index in [2.05, 4.69) is 6.58 Å². The molecule has 0 unspecified atom stereocenters. The molecule has 0 bridgehead atoms. The molecule has 2 aromatic carbocycles. The Balaban J connectivity index is 1.37. The Kier molecular flexibility index (Phi) is 10.6. The molecule has 6 nitrogen and oxygen atoms in total. The first-order valence-corrected chi connectivity index (χ1v) is 12.8. The summed E-state index contributed by atoms with van der Waals surface area (Å²) < 4.78 is 11.0. The van der Waals surface area contributed by atoms with Crippen molar-refractivity contribution in [2.45, 2.75) is 63.9 Å². The van der Waals surface area contributed by atoms with Gasteiger partial charge in [0.25, 0.3) is 0 Å². The van der Waals surface area contributed by atoms with Crippen LogP contribution >= 0.6 is 0 Å². The van der Waals surface area contributed by atoms with Crippen LogP contribution in [0, 0.1) is 5.92 Å². The van der Waals surface area contributed by atoms with E-state index in [0.29, 0.717) is 23.4 Å². The quantitative estimate of drug-likeness (QED) is 0.122. The van der Waals surface area contributed by atoms with Gasteiger partial charge in [-0.25, -0.2) is 9.59 Å². The molecule has 0 amide bonds. The minimum absolute atomic E-state index is 0.0000329. The summed E-state index contributed by atoms with van der Waals surface area (Å²) in [6.07, 6.45) is 14.5. The molecule has 0 aliphatic heterocycles. The molecular formula is C30H38N2O4. The van der Waals surface area contributed by atoms with E-state index in [0.717, 1.165) is 49.1 Å². The summed E-state index contributed by atoms with van der Waals surface area (Å²) in [5.74, 6) is 0.0201. The average Bonchev–Trinajstić information content (AvgIpc) is 2.86. The lowest BCUT2D eigenvalue weighted by atomic mass is 9.84. The highest BCUT2D eigenvalue weighted by molar-refractivity contribution is 5.90. The molecule has 0 atom stereocenters. The van der Waals surface area contributed by atoms with Crippen molar-refractivity contribution in [3.05, 3.63) is 77.9 Å². The monoisotopic (exact) mass is 490 g/mol. The largest absolute Gasteiger partial charge is 0.462 e. The number of hydrogen-bond donors (Lipinski definition) is 2. The molecule has 192 valence electrons. The number of nitrogen functional groups attached to an aromatic ring is 2. The third-order valence-electron chi connectivity index (χ3n) is 6.57. The number of carbonyl (C=O) groups excluding carboxylic acids is 2. The molecule has 6 heteroatoms. The van der Waals surface area contributed by atoms with Crippen LogP contribution in [0.1, 0.15) is 72.9 Å². The van der Waals surface area contributed by atoms with Crippen LogP contribution in [0.2, 0.25) is 0 Å². The second-order valence-electron chi connectivity index (χ2n) is 9.50. The van der Waals surface area contributed by atoms with Gasteiger partial charge in [0.2, 0.25) is 0 Å². The van der Waals surface area contributed by atoms with Crippen LogP contribution in [0.5, 0.6) is 0 Å². The number of ether oxygens (including phenoxy) is 2. The van der Waals surface area contributed by atoms with Crippen LogP contribution in [-0.2, 0) is 20.7 Å². The van der Waals surface area contributed by atoms with Gasteiger partial charge in [-0.3, -0.25) is 0 Å². The van der Waals surface area contributed by atoms with Gasteiger partial charge in [-0.1, -0.05) is 31.1 Å². The third kappa shape index (κ3) is 9.25. The zero-order valence-corrected chi connectivity index (χ0v) is 21.0. The van der Waals surface area contributed by atoms with Crippen molar-refractivity contribution in [1.82, 2.24) is 0 Å². The minimum atomic E-state index is -0.438. The molecule has 1 aliphatic carbocycles. The van der Waals surface area contributed by atoms with Gasteiger partial charge in [0.1, 0.15) is 6.10 Å². The predicted octanol–water partition coefficient (Wildman–Crippen LogP) is 6.11. The van der Waals surface area contributed by atoms with Crippen molar-refractivity contribution in [1.29, 1.82) is 0 Å². The molecule has 1 aliphatic rings. The van der Waals surface area contributed by atoms with E-state index in [4.69, 9.17) is 20.9 Å². The predicted molar refractivity (Wildman–Crippen MR) is 145 cm³/mol. The van der Waals surface area contributed by atoms with Crippen LogP contribution in [-0.4, -0.2) is 24.6 Å². The number of hydrogen-bond acceptors (Lipinski definition) is 6. The zero-order chi connectivity index (χ0) is 25.8. The van der Waals surface area contributed by atoms with Crippen LogP contribution in [0.15, 0.2) is 61.2 Å². The average molecular weight is 491 g/mol. The van der Waals surface area contributed by atoms with E-state index in [1.807, 2.05) is 18.2 Å². The maximum Gasteiger partial charge on any atom is 0.338 e. The van der Waals surface area contributed by atoms with Gasteiger partial charge in [0.05, 0.1) is 12.2 Å². The maximum atomic E-state index is 12.6. The van der Waals surface area contributed by atoms with E-state index in [-0.39, 0.29) is 18.7 Å². The second-order valence-corrected chi connectivity index (χ2v) is 9.50. The van der Waals surface area contributed by atoms with Crippen LogP contribution in [0.3, 0.4) is 0 Å². The van der Waals surface area contributed by atoms with Crippen molar-refractivity contribution < 1.29 is 19.1 Å².